The molecule has 37 heavy (non-hydrogen) atoms. The maximum atomic E-state index is 14.7. The SMILES string of the molecule is O=c1cc(-c2ccc(C(F)(F)F)cc2)[nH]c2cc(-c3ccc(F)cc3F)ccc(-c3ccccc3)[nH]n12. The van der Waals surface area contributed by atoms with Crippen molar-refractivity contribution in [1.29, 1.82) is 0 Å². The molecule has 0 saturated carbocycles. The summed E-state index contributed by atoms with van der Waals surface area (Å²) in [4.78, 5) is 16.2. The smallest absolute Gasteiger partial charge is 0.339 e. The normalized spacial score (nSPS) is 11.5. The highest BCUT2D eigenvalue weighted by atomic mass is 19.4. The van der Waals surface area contributed by atoms with Gasteiger partial charge in [-0.3, -0.25) is 9.89 Å². The molecule has 0 aliphatic rings. The van der Waals surface area contributed by atoms with Crippen molar-refractivity contribution in [2.75, 3.05) is 0 Å². The number of nitrogens with one attached hydrogen (secondary N) is 2. The molecule has 4 nitrogen and oxygen atoms in total. The molecule has 0 aliphatic carbocycles. The second-order valence-electron chi connectivity index (χ2n) is 8.27. The summed E-state index contributed by atoms with van der Waals surface area (Å²) in [6.07, 6.45) is -4.50. The van der Waals surface area contributed by atoms with E-state index in [9.17, 15) is 26.7 Å². The van der Waals surface area contributed by atoms with Crippen LogP contribution in [0.5, 0.6) is 0 Å². The van der Waals surface area contributed by atoms with Gasteiger partial charge in [-0.15, -0.1) is 0 Å². The third kappa shape index (κ3) is 5.02. The first kappa shape index (κ1) is 24.1. The predicted octanol–water partition coefficient (Wildman–Crippen LogP) is 7.38. The summed E-state index contributed by atoms with van der Waals surface area (Å²) < 4.78 is 68.5. The summed E-state index contributed by atoms with van der Waals surface area (Å²) in [6, 6.07) is 22.7. The molecule has 0 spiro atoms. The van der Waals surface area contributed by atoms with Crippen LogP contribution in [0.15, 0.2) is 102 Å². The highest BCUT2D eigenvalue weighted by molar-refractivity contribution is 5.70. The molecular weight excluding hydrogens is 489 g/mol. The van der Waals surface area contributed by atoms with Gasteiger partial charge in [0.25, 0.3) is 5.56 Å². The van der Waals surface area contributed by atoms with Gasteiger partial charge in [-0.1, -0.05) is 48.5 Å². The summed E-state index contributed by atoms with van der Waals surface area (Å²) in [5.41, 5.74) is 1.16. The Balaban J connectivity index is 1.78. The fourth-order valence-corrected chi connectivity index (χ4v) is 3.94. The van der Waals surface area contributed by atoms with Gasteiger partial charge in [0.15, 0.2) is 0 Å². The fraction of sp³-hybridized carbons (Fsp3) is 0.0357. The standard InChI is InChI=1S/C28H18F5N3O/c29-21-11-12-22(23(30)15-21)19-8-13-24(17-4-2-1-3-5-17)35-36-26(14-19)34-25(16-27(36)37)18-6-9-20(10-7-18)28(31,32)33/h1-16,34-35H. The van der Waals surface area contributed by atoms with Crippen LogP contribution in [-0.4, -0.2) is 14.6 Å². The van der Waals surface area contributed by atoms with Gasteiger partial charge >= 0.3 is 6.18 Å². The Morgan fingerprint density at radius 2 is 1.35 bits per heavy atom. The van der Waals surface area contributed by atoms with Crippen LogP contribution in [0.1, 0.15) is 5.56 Å². The number of H-pyrrole nitrogens is 2. The topological polar surface area (TPSA) is 53.1 Å². The van der Waals surface area contributed by atoms with Crippen LogP contribution in [-0.2, 0) is 6.18 Å². The van der Waals surface area contributed by atoms with Crippen LogP contribution >= 0.6 is 0 Å². The zero-order chi connectivity index (χ0) is 26.2. The third-order valence-corrected chi connectivity index (χ3v) is 5.80. The molecule has 0 aliphatic heterocycles. The number of aromatic nitrogens is 3. The molecule has 2 aromatic heterocycles. The highest BCUT2D eigenvalue weighted by Crippen LogP contribution is 2.31. The third-order valence-electron chi connectivity index (χ3n) is 5.80. The van der Waals surface area contributed by atoms with Crippen LogP contribution in [0.2, 0.25) is 0 Å². The Morgan fingerprint density at radius 3 is 2.03 bits per heavy atom. The van der Waals surface area contributed by atoms with E-state index in [0.29, 0.717) is 16.8 Å². The van der Waals surface area contributed by atoms with E-state index in [2.05, 4.69) is 10.1 Å². The van der Waals surface area contributed by atoms with E-state index in [4.69, 9.17) is 0 Å². The van der Waals surface area contributed by atoms with Gasteiger partial charge in [0.2, 0.25) is 0 Å². The second kappa shape index (κ2) is 9.42. The molecule has 3 aromatic carbocycles. The van der Waals surface area contributed by atoms with E-state index in [0.717, 1.165) is 29.8 Å². The lowest BCUT2D eigenvalue weighted by atomic mass is 10.1. The van der Waals surface area contributed by atoms with Crippen molar-refractivity contribution in [3.63, 3.8) is 0 Å². The van der Waals surface area contributed by atoms with Crippen LogP contribution in [0.25, 0.3) is 39.3 Å². The molecule has 186 valence electrons. The van der Waals surface area contributed by atoms with Gasteiger partial charge in [0, 0.05) is 17.7 Å². The van der Waals surface area contributed by atoms with Crippen molar-refractivity contribution < 1.29 is 22.0 Å². The number of rotatable bonds is 3. The number of fused-ring (bicyclic) bond motifs is 1. The van der Waals surface area contributed by atoms with Crippen LogP contribution < -0.4 is 5.56 Å². The zero-order valence-electron chi connectivity index (χ0n) is 19.0. The zero-order valence-corrected chi connectivity index (χ0v) is 19.0. The van der Waals surface area contributed by atoms with Gasteiger partial charge in [-0.05, 0) is 53.1 Å². The Bertz CT molecular complexity index is 1700. The van der Waals surface area contributed by atoms with Crippen LogP contribution in [0.4, 0.5) is 22.0 Å². The molecule has 0 unspecified atom stereocenters. The van der Waals surface area contributed by atoms with Crippen molar-refractivity contribution in [3.05, 3.63) is 125 Å². The summed E-state index contributed by atoms with van der Waals surface area (Å²) in [5, 5.41) is 3.04. The number of aromatic amines is 2. The predicted molar refractivity (Wildman–Crippen MR) is 131 cm³/mol. The Labute approximate surface area is 207 Å². The quantitative estimate of drug-likeness (QED) is 0.246. The van der Waals surface area contributed by atoms with Crippen molar-refractivity contribution in [2.45, 2.75) is 6.18 Å². The van der Waals surface area contributed by atoms with E-state index >= 15 is 0 Å². The van der Waals surface area contributed by atoms with Crippen molar-refractivity contribution in [3.8, 4) is 33.6 Å². The molecule has 0 radical (unpaired) electrons. The maximum absolute atomic E-state index is 14.7. The molecular formula is C28H18F5N3O. The molecule has 0 bridgehead atoms. The molecule has 5 aromatic rings. The van der Waals surface area contributed by atoms with Gasteiger partial charge in [0.1, 0.15) is 17.3 Å². The Kier molecular flexibility index (Phi) is 6.12. The largest absolute Gasteiger partial charge is 0.416 e. The first-order valence-corrected chi connectivity index (χ1v) is 11.1. The van der Waals surface area contributed by atoms with Crippen LogP contribution in [0.3, 0.4) is 0 Å². The molecule has 2 heterocycles. The van der Waals surface area contributed by atoms with Crippen molar-refractivity contribution >= 4 is 5.65 Å². The molecule has 5 rings (SSSR count). The molecule has 0 saturated heterocycles. The number of alkyl halides is 3. The number of hydrogen-bond donors (Lipinski definition) is 2. The first-order valence-electron chi connectivity index (χ1n) is 11.1. The highest BCUT2D eigenvalue weighted by Gasteiger charge is 2.30. The number of benzene rings is 3. The molecule has 2 N–H and O–H groups in total. The molecule has 0 fully saturated rings. The average molecular weight is 507 g/mol. The summed E-state index contributed by atoms with van der Waals surface area (Å²) in [6.45, 7) is 0. The monoisotopic (exact) mass is 507 g/mol. The Morgan fingerprint density at radius 1 is 0.676 bits per heavy atom. The van der Waals surface area contributed by atoms with Crippen molar-refractivity contribution in [1.82, 2.24) is 14.6 Å². The summed E-state index contributed by atoms with van der Waals surface area (Å²) in [7, 11) is 0. The van der Waals surface area contributed by atoms with E-state index in [1.54, 1.807) is 12.1 Å². The van der Waals surface area contributed by atoms with E-state index in [-0.39, 0.29) is 16.9 Å². The maximum Gasteiger partial charge on any atom is 0.416 e. The number of nitrogens with zero attached hydrogens (tertiary/aromatic N) is 1. The lowest BCUT2D eigenvalue weighted by Gasteiger charge is -2.11. The van der Waals surface area contributed by atoms with Crippen LogP contribution in [0, 0.1) is 11.6 Å². The van der Waals surface area contributed by atoms with Crippen molar-refractivity contribution in [2.24, 2.45) is 0 Å². The summed E-state index contributed by atoms with van der Waals surface area (Å²) in [5.74, 6) is -1.53. The number of hydrogen-bond acceptors (Lipinski definition) is 1. The lowest BCUT2D eigenvalue weighted by Crippen LogP contribution is -2.17. The average Bonchev–Trinajstić information content (AvgIpc) is 2.85. The van der Waals surface area contributed by atoms with Gasteiger partial charge in [0.05, 0.1) is 17.0 Å². The molecule has 9 heteroatoms. The minimum absolute atomic E-state index is 0.0966. The van der Waals surface area contributed by atoms with E-state index in [1.165, 1.54) is 34.8 Å². The van der Waals surface area contributed by atoms with Gasteiger partial charge < -0.3 is 4.98 Å². The first-order chi connectivity index (χ1) is 17.7. The second-order valence-corrected chi connectivity index (χ2v) is 8.27. The van der Waals surface area contributed by atoms with Gasteiger partial charge in [-0.25, -0.2) is 13.3 Å². The summed E-state index contributed by atoms with van der Waals surface area (Å²) >= 11 is 0. The van der Waals surface area contributed by atoms with E-state index in [1.807, 2.05) is 30.3 Å². The van der Waals surface area contributed by atoms with Gasteiger partial charge in [-0.2, -0.15) is 13.2 Å². The molecule has 0 amide bonds. The fourth-order valence-electron chi connectivity index (χ4n) is 3.94. The van der Waals surface area contributed by atoms with E-state index < -0.39 is 28.9 Å². The minimum atomic E-state index is -4.50. The Hall–Kier alpha value is -4.66. The minimum Gasteiger partial charge on any atom is -0.339 e. The lowest BCUT2D eigenvalue weighted by molar-refractivity contribution is -0.137. The number of halogens is 5. The molecule has 0 atom stereocenters.